The quantitative estimate of drug-likeness (QED) is 0.922. The maximum Gasteiger partial charge on any atom is 0.219 e. The van der Waals surface area contributed by atoms with Crippen molar-refractivity contribution in [2.45, 2.75) is 39.5 Å². The molecular weight excluding hydrogens is 278 g/mol. The molecule has 1 aliphatic rings. The van der Waals surface area contributed by atoms with Gasteiger partial charge < -0.3 is 4.90 Å². The number of aryl methyl sites for hydroxylation is 2. The molecule has 1 fully saturated rings. The van der Waals surface area contributed by atoms with E-state index in [0.29, 0.717) is 0 Å². The van der Waals surface area contributed by atoms with Gasteiger partial charge in [0.15, 0.2) is 0 Å². The summed E-state index contributed by atoms with van der Waals surface area (Å²) in [5, 5.41) is 7.27. The third-order valence-electron chi connectivity index (χ3n) is 4.34. The highest BCUT2D eigenvalue weighted by Gasteiger charge is 2.27. The van der Waals surface area contributed by atoms with E-state index < -0.39 is 0 Å². The number of nitrogens with one attached hydrogen (secondary N) is 1. The van der Waals surface area contributed by atoms with E-state index in [-0.39, 0.29) is 11.8 Å². The van der Waals surface area contributed by atoms with Gasteiger partial charge in [0.1, 0.15) is 0 Å². The molecule has 22 heavy (non-hydrogen) atoms. The van der Waals surface area contributed by atoms with Crippen LogP contribution in [0.3, 0.4) is 0 Å². The zero-order valence-corrected chi connectivity index (χ0v) is 13.3. The Kier molecular flexibility index (Phi) is 3.92. The number of aromatic nitrogens is 4. The predicted octanol–water partition coefficient (Wildman–Crippen LogP) is 2.21. The minimum atomic E-state index is 0.130. The topological polar surface area (TPSA) is 74.8 Å². The van der Waals surface area contributed by atoms with Crippen molar-refractivity contribution in [3.8, 4) is 11.3 Å². The Morgan fingerprint density at radius 3 is 2.77 bits per heavy atom. The van der Waals surface area contributed by atoms with Gasteiger partial charge in [-0.2, -0.15) is 5.10 Å². The first-order valence-electron chi connectivity index (χ1n) is 7.66. The zero-order chi connectivity index (χ0) is 15.7. The lowest BCUT2D eigenvalue weighted by atomic mass is 9.91. The van der Waals surface area contributed by atoms with Crippen molar-refractivity contribution in [3.05, 3.63) is 29.5 Å². The van der Waals surface area contributed by atoms with Gasteiger partial charge >= 0.3 is 0 Å². The average Bonchev–Trinajstić information content (AvgIpc) is 2.86. The van der Waals surface area contributed by atoms with E-state index in [9.17, 15) is 4.79 Å². The monoisotopic (exact) mass is 299 g/mol. The van der Waals surface area contributed by atoms with Crippen molar-refractivity contribution in [1.29, 1.82) is 0 Å². The molecule has 6 heteroatoms. The van der Waals surface area contributed by atoms with Crippen LogP contribution in [-0.2, 0) is 4.79 Å². The number of rotatable bonds is 2. The van der Waals surface area contributed by atoms with E-state index in [2.05, 4.69) is 20.2 Å². The Bertz CT molecular complexity index is 674. The number of piperidine rings is 1. The molecule has 1 aliphatic heterocycles. The fraction of sp³-hybridized carbons (Fsp3) is 0.500. The first kappa shape index (κ1) is 14.7. The third-order valence-corrected chi connectivity index (χ3v) is 4.34. The summed E-state index contributed by atoms with van der Waals surface area (Å²) in [7, 11) is 0. The molecule has 3 rings (SSSR count). The van der Waals surface area contributed by atoms with E-state index in [0.717, 1.165) is 54.3 Å². The fourth-order valence-corrected chi connectivity index (χ4v) is 3.23. The molecule has 1 N–H and O–H groups in total. The molecule has 0 radical (unpaired) electrons. The molecular formula is C16H21N5O. The van der Waals surface area contributed by atoms with E-state index in [1.165, 1.54) is 0 Å². The van der Waals surface area contributed by atoms with Gasteiger partial charge in [0, 0.05) is 49.6 Å². The van der Waals surface area contributed by atoms with E-state index >= 15 is 0 Å². The minimum absolute atomic E-state index is 0.130. The van der Waals surface area contributed by atoms with E-state index in [1.807, 2.05) is 18.7 Å². The second-order valence-corrected chi connectivity index (χ2v) is 5.90. The average molecular weight is 299 g/mol. The van der Waals surface area contributed by atoms with Gasteiger partial charge in [-0.15, -0.1) is 0 Å². The molecule has 0 spiro atoms. The molecule has 1 saturated heterocycles. The van der Waals surface area contributed by atoms with E-state index in [1.54, 1.807) is 19.3 Å². The largest absolute Gasteiger partial charge is 0.342 e. The number of H-pyrrole nitrogens is 1. The van der Waals surface area contributed by atoms with Crippen molar-refractivity contribution >= 4 is 5.91 Å². The van der Waals surface area contributed by atoms with Crippen LogP contribution in [0.5, 0.6) is 0 Å². The van der Waals surface area contributed by atoms with Crippen molar-refractivity contribution < 1.29 is 4.79 Å². The van der Waals surface area contributed by atoms with Crippen LogP contribution in [0.1, 0.15) is 42.8 Å². The molecule has 6 nitrogen and oxygen atoms in total. The first-order chi connectivity index (χ1) is 10.6. The lowest BCUT2D eigenvalue weighted by Crippen LogP contribution is -2.38. The van der Waals surface area contributed by atoms with Crippen LogP contribution in [-0.4, -0.2) is 44.1 Å². The highest BCUT2D eigenvalue weighted by molar-refractivity contribution is 5.73. The number of likely N-dealkylation sites (tertiary alicyclic amines) is 1. The van der Waals surface area contributed by atoms with Crippen molar-refractivity contribution in [2.24, 2.45) is 0 Å². The lowest BCUT2D eigenvalue weighted by molar-refractivity contribution is -0.130. The predicted molar refractivity (Wildman–Crippen MR) is 83.3 cm³/mol. The molecule has 0 aromatic carbocycles. The first-order valence-corrected chi connectivity index (χ1v) is 7.66. The van der Waals surface area contributed by atoms with Crippen LogP contribution in [0.25, 0.3) is 11.3 Å². The Morgan fingerprint density at radius 1 is 1.32 bits per heavy atom. The smallest absolute Gasteiger partial charge is 0.219 e. The zero-order valence-electron chi connectivity index (χ0n) is 13.3. The summed E-state index contributed by atoms with van der Waals surface area (Å²) >= 11 is 0. The standard InChI is InChI=1S/C16H21N5O/c1-10-14(11(2)20-19-10)16-15(17-6-7-18-16)13-5-4-8-21(9-13)12(3)22/h6-7,13H,4-5,8-9H2,1-3H3,(H,19,20). The number of amides is 1. The molecule has 2 aromatic heterocycles. The molecule has 0 bridgehead atoms. The Labute approximate surface area is 130 Å². The van der Waals surface area contributed by atoms with Gasteiger partial charge in [0.05, 0.1) is 17.1 Å². The maximum absolute atomic E-state index is 11.7. The maximum atomic E-state index is 11.7. The van der Waals surface area contributed by atoms with E-state index in [4.69, 9.17) is 0 Å². The number of nitrogens with zero attached hydrogens (tertiary/aromatic N) is 4. The molecule has 0 saturated carbocycles. The van der Waals surface area contributed by atoms with Crippen LogP contribution in [0.2, 0.25) is 0 Å². The van der Waals surface area contributed by atoms with Crippen molar-refractivity contribution in [3.63, 3.8) is 0 Å². The number of hydrogen-bond acceptors (Lipinski definition) is 4. The molecule has 2 aromatic rings. The molecule has 0 aliphatic carbocycles. The third kappa shape index (κ3) is 2.61. The summed E-state index contributed by atoms with van der Waals surface area (Å²) in [6.45, 7) is 7.16. The van der Waals surface area contributed by atoms with Gasteiger partial charge in [-0.3, -0.25) is 19.9 Å². The van der Waals surface area contributed by atoms with Gasteiger partial charge in [-0.1, -0.05) is 0 Å². The second-order valence-electron chi connectivity index (χ2n) is 5.90. The number of carbonyl (C=O) groups is 1. The summed E-state index contributed by atoms with van der Waals surface area (Å²) in [4.78, 5) is 22.7. The SMILES string of the molecule is CC(=O)N1CCCC(c2nccnc2-c2c(C)n[nH]c2C)C1. The van der Waals surface area contributed by atoms with Crippen LogP contribution < -0.4 is 0 Å². The molecule has 116 valence electrons. The molecule has 1 unspecified atom stereocenters. The van der Waals surface area contributed by atoms with Crippen molar-refractivity contribution in [1.82, 2.24) is 25.1 Å². The second kappa shape index (κ2) is 5.87. The molecule has 3 heterocycles. The van der Waals surface area contributed by atoms with Crippen LogP contribution >= 0.6 is 0 Å². The van der Waals surface area contributed by atoms with Crippen LogP contribution in [0.15, 0.2) is 12.4 Å². The van der Waals surface area contributed by atoms with Gasteiger partial charge in [0.2, 0.25) is 5.91 Å². The van der Waals surface area contributed by atoms with Gasteiger partial charge in [0.25, 0.3) is 0 Å². The summed E-state index contributed by atoms with van der Waals surface area (Å²) in [5.41, 5.74) is 4.82. The lowest BCUT2D eigenvalue weighted by Gasteiger charge is -2.32. The fourth-order valence-electron chi connectivity index (χ4n) is 3.23. The highest BCUT2D eigenvalue weighted by Crippen LogP contribution is 2.33. The van der Waals surface area contributed by atoms with Gasteiger partial charge in [-0.25, -0.2) is 0 Å². The number of carbonyl (C=O) groups excluding carboxylic acids is 1. The minimum Gasteiger partial charge on any atom is -0.342 e. The summed E-state index contributed by atoms with van der Waals surface area (Å²) in [5.74, 6) is 0.362. The summed E-state index contributed by atoms with van der Waals surface area (Å²) in [6.07, 6.45) is 5.49. The summed E-state index contributed by atoms with van der Waals surface area (Å²) < 4.78 is 0. The normalized spacial score (nSPS) is 18.5. The molecule has 1 atom stereocenters. The number of hydrogen-bond donors (Lipinski definition) is 1. The van der Waals surface area contributed by atoms with Gasteiger partial charge in [-0.05, 0) is 26.7 Å². The van der Waals surface area contributed by atoms with Crippen LogP contribution in [0.4, 0.5) is 0 Å². The summed E-state index contributed by atoms with van der Waals surface area (Å²) in [6, 6.07) is 0. The number of aromatic amines is 1. The Hall–Kier alpha value is -2.24. The Balaban J connectivity index is 2.00. The van der Waals surface area contributed by atoms with Crippen LogP contribution in [0, 0.1) is 13.8 Å². The van der Waals surface area contributed by atoms with Crippen molar-refractivity contribution in [2.75, 3.05) is 13.1 Å². The molecule has 1 amide bonds. The highest BCUT2D eigenvalue weighted by atomic mass is 16.2. The Morgan fingerprint density at radius 2 is 2.09 bits per heavy atom.